The average Bonchev–Trinajstić information content (AvgIpc) is 3.22. The fraction of sp³-hybridized carbons (Fsp3) is 0.640. The van der Waals surface area contributed by atoms with Crippen LogP contribution in [0.25, 0.3) is 0 Å². The Morgan fingerprint density at radius 3 is 2.41 bits per heavy atom. The Balaban J connectivity index is 1.45. The Kier molecular flexibility index (Phi) is 7.43. The highest BCUT2D eigenvalue weighted by molar-refractivity contribution is 6.38. The minimum absolute atomic E-state index is 0.0754. The number of nitrogens with one attached hydrogen (secondary N) is 2. The van der Waals surface area contributed by atoms with E-state index in [1.54, 1.807) is 6.07 Å². The van der Waals surface area contributed by atoms with Gasteiger partial charge in [-0.05, 0) is 49.3 Å². The molecule has 2 aliphatic carbocycles. The zero-order valence-electron chi connectivity index (χ0n) is 18.7. The molecule has 2 fully saturated rings. The number of nitrogens with zero attached hydrogens (tertiary/aromatic N) is 1. The maximum atomic E-state index is 13.5. The van der Waals surface area contributed by atoms with Gasteiger partial charge >= 0.3 is 0 Å². The molecule has 0 saturated heterocycles. The Morgan fingerprint density at radius 2 is 1.69 bits per heavy atom. The summed E-state index contributed by atoms with van der Waals surface area (Å²) >= 11 is 0. The van der Waals surface area contributed by atoms with Crippen molar-refractivity contribution in [2.24, 2.45) is 5.92 Å². The van der Waals surface area contributed by atoms with Gasteiger partial charge in [-0.2, -0.15) is 0 Å². The number of carbonyl (C=O) groups excluding carboxylic acids is 3. The summed E-state index contributed by atoms with van der Waals surface area (Å²) in [4.78, 5) is 40.7. The summed E-state index contributed by atoms with van der Waals surface area (Å²) in [5, 5.41) is 6.10. The van der Waals surface area contributed by atoms with Gasteiger partial charge < -0.3 is 15.5 Å². The van der Waals surface area contributed by atoms with E-state index < -0.39 is 17.6 Å². The van der Waals surface area contributed by atoms with Crippen molar-refractivity contribution in [1.29, 1.82) is 0 Å². The van der Waals surface area contributed by atoms with Gasteiger partial charge in [0.05, 0.1) is 12.5 Å². The van der Waals surface area contributed by atoms with Gasteiger partial charge in [0.15, 0.2) is 0 Å². The summed E-state index contributed by atoms with van der Waals surface area (Å²) in [5.41, 5.74) is 1.21. The molecule has 2 N–H and O–H groups in total. The molecule has 0 aromatic heterocycles. The molecule has 1 atom stereocenters. The van der Waals surface area contributed by atoms with Gasteiger partial charge in [-0.1, -0.05) is 44.6 Å². The zero-order chi connectivity index (χ0) is 22.5. The number of hydrogen-bond donors (Lipinski definition) is 2. The molecular weight excluding hydrogens is 409 g/mol. The smallest absolute Gasteiger partial charge is 0.291 e. The molecule has 0 bridgehead atoms. The third kappa shape index (κ3) is 5.48. The summed E-state index contributed by atoms with van der Waals surface area (Å²) in [6, 6.07) is 4.40. The Hall–Kier alpha value is -2.44. The molecule has 1 aromatic rings. The van der Waals surface area contributed by atoms with Crippen molar-refractivity contribution in [3.05, 3.63) is 29.6 Å². The van der Waals surface area contributed by atoms with Crippen LogP contribution in [0.5, 0.6) is 0 Å². The number of rotatable bonds is 7. The largest absolute Gasteiger partial charge is 0.384 e. The molecule has 2 amide bonds. The summed E-state index contributed by atoms with van der Waals surface area (Å²) in [6.45, 7) is 0.641. The standard InChI is InChI=1S/C25H34FN3O3/c26-18-11-12-20-21(14-27-22(20)13-18)24(31)25(32)29(15-17-7-3-1-4-8-17)16-23(30)28-19-9-5-2-6-10-19/h11-13,17,19,21,27H,1-10,14-16H2,(H,28,30). The van der Waals surface area contributed by atoms with E-state index in [4.69, 9.17) is 0 Å². The van der Waals surface area contributed by atoms with Crippen LogP contribution in [-0.2, 0) is 14.4 Å². The molecule has 0 radical (unpaired) electrons. The molecule has 1 aliphatic heterocycles. The molecule has 7 heteroatoms. The van der Waals surface area contributed by atoms with Crippen molar-refractivity contribution in [3.8, 4) is 0 Å². The third-order valence-electron chi connectivity index (χ3n) is 7.21. The van der Waals surface area contributed by atoms with Crippen LogP contribution in [0.4, 0.5) is 10.1 Å². The predicted octanol–water partition coefficient (Wildman–Crippen LogP) is 3.76. The SMILES string of the molecule is O=C(CN(CC1CCCCC1)C(=O)C(=O)C1CNc2cc(F)ccc21)NC1CCCCC1. The minimum Gasteiger partial charge on any atom is -0.384 e. The molecule has 4 rings (SSSR count). The van der Waals surface area contributed by atoms with Crippen molar-refractivity contribution < 1.29 is 18.8 Å². The Bertz CT molecular complexity index is 847. The van der Waals surface area contributed by atoms with Gasteiger partial charge in [0.1, 0.15) is 5.82 Å². The first kappa shape index (κ1) is 22.7. The first-order valence-corrected chi connectivity index (χ1v) is 12.2. The maximum Gasteiger partial charge on any atom is 0.291 e. The van der Waals surface area contributed by atoms with Crippen molar-refractivity contribution in [2.45, 2.75) is 76.2 Å². The van der Waals surface area contributed by atoms with E-state index in [0.29, 0.717) is 23.7 Å². The van der Waals surface area contributed by atoms with Crippen molar-refractivity contribution >= 4 is 23.3 Å². The molecule has 2 saturated carbocycles. The van der Waals surface area contributed by atoms with E-state index in [1.807, 2.05) is 0 Å². The molecular formula is C25H34FN3O3. The van der Waals surface area contributed by atoms with E-state index in [2.05, 4.69) is 10.6 Å². The van der Waals surface area contributed by atoms with Crippen LogP contribution >= 0.6 is 0 Å². The normalized spacial score (nSPS) is 21.5. The highest BCUT2D eigenvalue weighted by Crippen LogP contribution is 2.33. The van der Waals surface area contributed by atoms with Gasteiger partial charge in [0, 0.05) is 24.8 Å². The van der Waals surface area contributed by atoms with Crippen molar-refractivity contribution in [2.75, 3.05) is 25.0 Å². The van der Waals surface area contributed by atoms with Crippen molar-refractivity contribution in [3.63, 3.8) is 0 Å². The van der Waals surface area contributed by atoms with Gasteiger partial charge in [-0.15, -0.1) is 0 Å². The lowest BCUT2D eigenvalue weighted by Gasteiger charge is -2.30. The topological polar surface area (TPSA) is 78.5 Å². The van der Waals surface area contributed by atoms with Gasteiger partial charge in [-0.25, -0.2) is 4.39 Å². The van der Waals surface area contributed by atoms with E-state index in [0.717, 1.165) is 51.4 Å². The van der Waals surface area contributed by atoms with Crippen LogP contribution < -0.4 is 10.6 Å². The highest BCUT2D eigenvalue weighted by atomic mass is 19.1. The summed E-state index contributed by atoms with van der Waals surface area (Å²) in [6.07, 6.45) is 10.9. The molecule has 1 heterocycles. The summed E-state index contributed by atoms with van der Waals surface area (Å²) < 4.78 is 13.5. The van der Waals surface area contributed by atoms with Crippen LogP contribution in [-0.4, -0.2) is 48.2 Å². The monoisotopic (exact) mass is 443 g/mol. The second kappa shape index (κ2) is 10.5. The Morgan fingerprint density at radius 1 is 1.00 bits per heavy atom. The minimum atomic E-state index is -0.645. The fourth-order valence-corrected chi connectivity index (χ4v) is 5.44. The second-order valence-electron chi connectivity index (χ2n) is 9.62. The average molecular weight is 444 g/mol. The Labute approximate surface area is 189 Å². The number of anilines is 1. The molecule has 6 nitrogen and oxygen atoms in total. The number of fused-ring (bicyclic) bond motifs is 1. The van der Waals surface area contributed by atoms with Crippen LogP contribution in [0.3, 0.4) is 0 Å². The van der Waals surface area contributed by atoms with E-state index in [-0.39, 0.29) is 30.9 Å². The highest BCUT2D eigenvalue weighted by Gasteiger charge is 2.36. The molecule has 1 unspecified atom stereocenters. The fourth-order valence-electron chi connectivity index (χ4n) is 5.44. The molecule has 3 aliphatic rings. The van der Waals surface area contributed by atoms with Crippen LogP contribution in [0.1, 0.15) is 75.7 Å². The number of Topliss-reactive ketones (excluding diaryl/α,β-unsaturated/α-hetero) is 1. The summed E-state index contributed by atoms with van der Waals surface area (Å²) in [7, 11) is 0. The van der Waals surface area contributed by atoms with Crippen LogP contribution in [0.15, 0.2) is 18.2 Å². The molecule has 32 heavy (non-hydrogen) atoms. The van der Waals surface area contributed by atoms with Crippen LogP contribution in [0, 0.1) is 11.7 Å². The number of amides is 2. The number of ketones is 1. The molecule has 0 spiro atoms. The maximum absolute atomic E-state index is 13.5. The lowest BCUT2D eigenvalue weighted by atomic mass is 9.88. The van der Waals surface area contributed by atoms with E-state index in [1.165, 1.54) is 29.9 Å². The molecule has 174 valence electrons. The third-order valence-corrected chi connectivity index (χ3v) is 7.21. The van der Waals surface area contributed by atoms with Gasteiger partial charge in [0.2, 0.25) is 11.7 Å². The van der Waals surface area contributed by atoms with E-state index >= 15 is 0 Å². The van der Waals surface area contributed by atoms with Crippen LogP contribution in [0.2, 0.25) is 0 Å². The van der Waals surface area contributed by atoms with Gasteiger partial charge in [-0.3, -0.25) is 14.4 Å². The van der Waals surface area contributed by atoms with Crippen molar-refractivity contribution in [1.82, 2.24) is 10.2 Å². The lowest BCUT2D eigenvalue weighted by Crippen LogP contribution is -2.49. The lowest BCUT2D eigenvalue weighted by molar-refractivity contribution is -0.147. The quantitative estimate of drug-likeness (QED) is 0.629. The summed E-state index contributed by atoms with van der Waals surface area (Å²) in [5.74, 6) is -2.00. The first-order chi connectivity index (χ1) is 15.5. The molecule has 1 aromatic carbocycles. The zero-order valence-corrected chi connectivity index (χ0v) is 18.7. The second-order valence-corrected chi connectivity index (χ2v) is 9.62. The number of carbonyl (C=O) groups is 3. The first-order valence-electron chi connectivity index (χ1n) is 12.2. The predicted molar refractivity (Wildman–Crippen MR) is 121 cm³/mol. The number of hydrogen-bond acceptors (Lipinski definition) is 4. The number of benzene rings is 1. The van der Waals surface area contributed by atoms with E-state index in [9.17, 15) is 18.8 Å². The number of halogens is 1. The van der Waals surface area contributed by atoms with Gasteiger partial charge in [0.25, 0.3) is 5.91 Å².